The second kappa shape index (κ2) is 6.57. The minimum absolute atomic E-state index is 0.0211. The minimum Gasteiger partial charge on any atom is -0.325 e. The lowest BCUT2D eigenvalue weighted by atomic mass is 9.96. The molecule has 0 radical (unpaired) electrons. The van der Waals surface area contributed by atoms with Gasteiger partial charge < -0.3 is 5.32 Å². The van der Waals surface area contributed by atoms with E-state index >= 15 is 0 Å². The molecule has 4 rings (SSSR count). The quantitative estimate of drug-likeness (QED) is 0.655. The molecule has 1 aliphatic carbocycles. The van der Waals surface area contributed by atoms with Gasteiger partial charge >= 0.3 is 0 Å². The fourth-order valence-corrected chi connectivity index (χ4v) is 4.50. The predicted molar refractivity (Wildman–Crippen MR) is 96.8 cm³/mol. The summed E-state index contributed by atoms with van der Waals surface area (Å²) in [6.07, 6.45) is 3.47. The number of carbonyl (C=O) groups excluding carboxylic acids is 1. The lowest BCUT2D eigenvalue weighted by Gasteiger charge is -2.35. The maximum absolute atomic E-state index is 12.5. The second-order valence-corrected chi connectivity index (χ2v) is 7.65. The highest BCUT2D eigenvalue weighted by molar-refractivity contribution is 7.10. The monoisotopic (exact) mass is 357 g/mol. The molecule has 0 spiro atoms. The van der Waals surface area contributed by atoms with Crippen LogP contribution in [0.4, 0.5) is 11.4 Å². The van der Waals surface area contributed by atoms with Gasteiger partial charge in [0.15, 0.2) is 0 Å². The van der Waals surface area contributed by atoms with Crippen molar-refractivity contribution >= 4 is 28.6 Å². The van der Waals surface area contributed by atoms with Gasteiger partial charge in [0.1, 0.15) is 0 Å². The summed E-state index contributed by atoms with van der Waals surface area (Å²) in [6.45, 7) is 1.26. The van der Waals surface area contributed by atoms with Gasteiger partial charge in [-0.15, -0.1) is 11.3 Å². The summed E-state index contributed by atoms with van der Waals surface area (Å²) in [5, 5.41) is 15.7. The number of hydrogen-bond donors (Lipinski definition) is 1. The molecule has 25 heavy (non-hydrogen) atoms. The van der Waals surface area contributed by atoms with Gasteiger partial charge in [0.05, 0.1) is 11.5 Å². The highest BCUT2D eigenvalue weighted by Gasteiger charge is 2.40. The Morgan fingerprint density at radius 3 is 2.72 bits per heavy atom. The Labute approximate surface area is 149 Å². The fraction of sp³-hybridized carbons (Fsp3) is 0.389. The first-order chi connectivity index (χ1) is 12.1. The number of benzene rings is 1. The molecular weight excluding hydrogens is 338 g/mol. The highest BCUT2D eigenvalue weighted by Crippen LogP contribution is 2.48. The summed E-state index contributed by atoms with van der Waals surface area (Å²) < 4.78 is 0. The summed E-state index contributed by atoms with van der Waals surface area (Å²) in [7, 11) is 0. The molecular formula is C18H19N3O3S. The maximum atomic E-state index is 12.5. The number of thiophene rings is 1. The van der Waals surface area contributed by atoms with Gasteiger partial charge in [-0.2, -0.15) is 0 Å². The van der Waals surface area contributed by atoms with Crippen molar-refractivity contribution in [3.8, 4) is 0 Å². The van der Waals surface area contributed by atoms with Gasteiger partial charge in [-0.3, -0.25) is 19.8 Å². The van der Waals surface area contributed by atoms with E-state index in [1.54, 1.807) is 12.1 Å². The van der Waals surface area contributed by atoms with Crippen molar-refractivity contribution in [2.45, 2.75) is 25.3 Å². The Morgan fingerprint density at radius 1 is 1.28 bits per heavy atom. The topological polar surface area (TPSA) is 75.5 Å². The Hall–Kier alpha value is -2.25. The van der Waals surface area contributed by atoms with E-state index in [0.29, 0.717) is 24.2 Å². The van der Waals surface area contributed by atoms with Crippen LogP contribution in [0.3, 0.4) is 0 Å². The van der Waals surface area contributed by atoms with Crippen molar-refractivity contribution in [2.75, 3.05) is 18.4 Å². The molecule has 2 aliphatic rings. The van der Waals surface area contributed by atoms with Crippen LogP contribution in [0.2, 0.25) is 0 Å². The van der Waals surface area contributed by atoms with Gasteiger partial charge in [0.2, 0.25) is 5.91 Å². The number of carbonyl (C=O) groups is 1. The Bertz CT molecular complexity index is 798. The number of nitrogens with one attached hydrogen (secondary N) is 1. The number of fused-ring (bicyclic) bond motifs is 1. The van der Waals surface area contributed by atoms with Crippen molar-refractivity contribution in [3.63, 3.8) is 0 Å². The zero-order valence-electron chi connectivity index (χ0n) is 13.7. The van der Waals surface area contributed by atoms with E-state index in [0.717, 1.165) is 13.0 Å². The van der Waals surface area contributed by atoms with Gasteiger partial charge in [-0.05, 0) is 54.3 Å². The first-order valence-corrected chi connectivity index (χ1v) is 9.34. The second-order valence-electron chi connectivity index (χ2n) is 6.65. The third kappa shape index (κ3) is 3.43. The van der Waals surface area contributed by atoms with Crippen LogP contribution < -0.4 is 5.32 Å². The van der Waals surface area contributed by atoms with E-state index in [1.807, 2.05) is 11.3 Å². The number of nitrogens with zero attached hydrogens (tertiary/aromatic N) is 2. The average molecular weight is 357 g/mol. The molecule has 1 aromatic heterocycles. The number of nitro benzene ring substituents is 1. The minimum atomic E-state index is -0.446. The van der Waals surface area contributed by atoms with Crippen molar-refractivity contribution < 1.29 is 9.72 Å². The number of non-ortho nitro benzene ring substituents is 1. The molecule has 1 saturated carbocycles. The molecule has 0 bridgehead atoms. The Morgan fingerprint density at radius 2 is 2.04 bits per heavy atom. The number of rotatable bonds is 5. The third-order valence-corrected chi connectivity index (χ3v) is 5.89. The van der Waals surface area contributed by atoms with Crippen LogP contribution in [0.1, 0.15) is 29.3 Å². The van der Waals surface area contributed by atoms with Crippen LogP contribution in [-0.4, -0.2) is 28.8 Å². The van der Waals surface area contributed by atoms with Gasteiger partial charge in [-0.25, -0.2) is 0 Å². The van der Waals surface area contributed by atoms with E-state index < -0.39 is 4.92 Å². The molecule has 6 nitrogen and oxygen atoms in total. The molecule has 2 heterocycles. The van der Waals surface area contributed by atoms with Crippen molar-refractivity contribution in [1.29, 1.82) is 0 Å². The normalized spacial score (nSPS) is 20.1. The summed E-state index contributed by atoms with van der Waals surface area (Å²) in [4.78, 5) is 26.4. The standard InChI is InChI=1S/C18H19N3O3S/c22-17(19-13-3-5-14(6-4-13)21(23)24)11-20-9-7-16-15(8-10-25-16)18(20)12-1-2-12/h3-6,8,10,12,18H,1-2,7,9,11H2,(H,19,22)/t18-/m1/s1. The first-order valence-electron chi connectivity index (χ1n) is 8.46. The number of amides is 1. The lowest BCUT2D eigenvalue weighted by molar-refractivity contribution is -0.384. The number of nitro groups is 1. The summed E-state index contributed by atoms with van der Waals surface area (Å²) >= 11 is 1.82. The van der Waals surface area contributed by atoms with Crippen LogP contribution in [0.5, 0.6) is 0 Å². The SMILES string of the molecule is O=C(CN1CCc2sccc2[C@H]1C1CC1)Nc1ccc([N+](=O)[O-])cc1. The first kappa shape index (κ1) is 16.2. The highest BCUT2D eigenvalue weighted by atomic mass is 32.1. The smallest absolute Gasteiger partial charge is 0.269 e. The zero-order valence-corrected chi connectivity index (χ0v) is 14.5. The molecule has 1 N–H and O–H groups in total. The van der Waals surface area contributed by atoms with Gasteiger partial charge in [0, 0.05) is 35.3 Å². The molecule has 130 valence electrons. The van der Waals surface area contributed by atoms with Gasteiger partial charge in [0.25, 0.3) is 5.69 Å². The molecule has 1 aliphatic heterocycles. The average Bonchev–Trinajstić information content (AvgIpc) is 3.31. The third-order valence-electron chi connectivity index (χ3n) is 4.90. The molecule has 2 aromatic rings. The van der Waals surface area contributed by atoms with E-state index in [4.69, 9.17) is 0 Å². The molecule has 0 saturated heterocycles. The zero-order chi connectivity index (χ0) is 17.4. The van der Waals surface area contributed by atoms with Crippen LogP contribution in [-0.2, 0) is 11.2 Å². The van der Waals surface area contributed by atoms with E-state index in [-0.39, 0.29) is 11.6 Å². The number of anilines is 1. The maximum Gasteiger partial charge on any atom is 0.269 e. The van der Waals surface area contributed by atoms with Crippen molar-refractivity contribution in [1.82, 2.24) is 4.90 Å². The van der Waals surface area contributed by atoms with Crippen LogP contribution >= 0.6 is 11.3 Å². The summed E-state index contributed by atoms with van der Waals surface area (Å²) in [6, 6.07) is 8.52. The van der Waals surface area contributed by atoms with Crippen molar-refractivity contribution in [3.05, 3.63) is 56.3 Å². The number of hydrogen-bond acceptors (Lipinski definition) is 5. The predicted octanol–water partition coefficient (Wildman–Crippen LogP) is 3.60. The van der Waals surface area contributed by atoms with E-state index in [2.05, 4.69) is 21.7 Å². The van der Waals surface area contributed by atoms with Gasteiger partial charge in [-0.1, -0.05) is 0 Å². The van der Waals surface area contributed by atoms with E-state index in [1.165, 1.54) is 35.4 Å². The largest absolute Gasteiger partial charge is 0.325 e. The lowest BCUT2D eigenvalue weighted by Crippen LogP contribution is -2.41. The molecule has 1 amide bonds. The van der Waals surface area contributed by atoms with Crippen molar-refractivity contribution in [2.24, 2.45) is 5.92 Å². The Balaban J connectivity index is 1.42. The van der Waals surface area contributed by atoms with Crippen LogP contribution in [0, 0.1) is 16.0 Å². The molecule has 1 atom stereocenters. The summed E-state index contributed by atoms with van der Waals surface area (Å²) in [5.74, 6) is 0.596. The fourth-order valence-electron chi connectivity index (χ4n) is 3.59. The summed E-state index contributed by atoms with van der Waals surface area (Å²) in [5.41, 5.74) is 2.02. The van der Waals surface area contributed by atoms with Crippen LogP contribution in [0.25, 0.3) is 0 Å². The molecule has 0 unspecified atom stereocenters. The molecule has 1 aromatic carbocycles. The van der Waals surface area contributed by atoms with Crippen LogP contribution in [0.15, 0.2) is 35.7 Å². The Kier molecular flexibility index (Phi) is 4.27. The molecule has 7 heteroatoms. The molecule has 1 fully saturated rings. The van der Waals surface area contributed by atoms with E-state index in [9.17, 15) is 14.9 Å².